The Labute approximate surface area is 83.6 Å². The third-order valence-electron chi connectivity index (χ3n) is 2.18. The van der Waals surface area contributed by atoms with Crippen LogP contribution in [0.1, 0.15) is 29.3 Å². The molecule has 0 heterocycles. The Morgan fingerprint density at radius 2 is 2.00 bits per heavy atom. The van der Waals surface area contributed by atoms with Crippen molar-refractivity contribution in [3.8, 4) is 0 Å². The lowest BCUT2D eigenvalue weighted by Gasteiger charge is -2.07. The topological polar surface area (TPSA) is 63.3 Å². The lowest BCUT2D eigenvalue weighted by Crippen LogP contribution is -2.11. The van der Waals surface area contributed by atoms with Gasteiger partial charge in [-0.05, 0) is 30.5 Å². The molecule has 0 aliphatic carbocycles. The molecule has 0 aliphatic rings. The number of carbonyl (C=O) groups excluding carboxylic acids is 1. The highest BCUT2D eigenvalue weighted by Gasteiger charge is 2.03. The zero-order valence-electron chi connectivity index (χ0n) is 8.23. The summed E-state index contributed by atoms with van der Waals surface area (Å²) < 4.78 is 0. The fourth-order valence-electron chi connectivity index (χ4n) is 1.22. The number of aliphatic hydroxyl groups is 1. The van der Waals surface area contributed by atoms with Crippen molar-refractivity contribution in [3.05, 3.63) is 35.4 Å². The summed E-state index contributed by atoms with van der Waals surface area (Å²) in [6, 6.07) is 7.00. The monoisotopic (exact) mass is 193 g/mol. The molecule has 0 radical (unpaired) electrons. The van der Waals surface area contributed by atoms with Crippen LogP contribution in [0.15, 0.2) is 24.3 Å². The van der Waals surface area contributed by atoms with Crippen LogP contribution < -0.4 is 5.73 Å². The van der Waals surface area contributed by atoms with Gasteiger partial charge in [0, 0.05) is 5.56 Å². The van der Waals surface area contributed by atoms with Gasteiger partial charge in [0.1, 0.15) is 0 Å². The SMILES string of the molecule is CCC(O)Cc1ccc(C(N)=O)cc1. The second kappa shape index (κ2) is 4.77. The molecule has 1 rings (SSSR count). The lowest BCUT2D eigenvalue weighted by molar-refractivity contribution is 0.100. The molecule has 1 aromatic carbocycles. The summed E-state index contributed by atoms with van der Waals surface area (Å²) >= 11 is 0. The Balaban J connectivity index is 2.68. The average molecular weight is 193 g/mol. The van der Waals surface area contributed by atoms with Crippen LogP contribution in [0.4, 0.5) is 0 Å². The molecule has 76 valence electrons. The smallest absolute Gasteiger partial charge is 0.248 e. The van der Waals surface area contributed by atoms with Crippen LogP contribution in [-0.2, 0) is 6.42 Å². The largest absolute Gasteiger partial charge is 0.393 e. The van der Waals surface area contributed by atoms with Crippen molar-refractivity contribution in [1.29, 1.82) is 0 Å². The maximum absolute atomic E-state index is 10.8. The summed E-state index contributed by atoms with van der Waals surface area (Å²) in [5.41, 5.74) is 6.62. The molecule has 0 spiro atoms. The zero-order valence-corrected chi connectivity index (χ0v) is 8.23. The fraction of sp³-hybridized carbons (Fsp3) is 0.364. The number of aliphatic hydroxyl groups excluding tert-OH is 1. The molecule has 3 N–H and O–H groups in total. The maximum Gasteiger partial charge on any atom is 0.248 e. The number of benzene rings is 1. The Kier molecular flexibility index (Phi) is 3.65. The van der Waals surface area contributed by atoms with Crippen molar-refractivity contribution in [2.75, 3.05) is 0 Å². The quantitative estimate of drug-likeness (QED) is 0.752. The zero-order chi connectivity index (χ0) is 10.6. The molecular weight excluding hydrogens is 178 g/mol. The number of nitrogens with two attached hydrogens (primary N) is 1. The molecule has 3 heteroatoms. The molecule has 1 aromatic rings. The number of primary amides is 1. The summed E-state index contributed by atoms with van der Waals surface area (Å²) in [6.45, 7) is 1.93. The van der Waals surface area contributed by atoms with Crippen LogP contribution in [-0.4, -0.2) is 17.1 Å². The van der Waals surface area contributed by atoms with Gasteiger partial charge in [0.25, 0.3) is 0 Å². The third-order valence-corrected chi connectivity index (χ3v) is 2.18. The Morgan fingerprint density at radius 1 is 1.43 bits per heavy atom. The van der Waals surface area contributed by atoms with E-state index in [0.29, 0.717) is 12.0 Å². The van der Waals surface area contributed by atoms with Crippen molar-refractivity contribution in [2.45, 2.75) is 25.9 Å². The van der Waals surface area contributed by atoms with Gasteiger partial charge in [-0.2, -0.15) is 0 Å². The molecule has 3 nitrogen and oxygen atoms in total. The highest BCUT2D eigenvalue weighted by molar-refractivity contribution is 5.92. The first-order valence-electron chi connectivity index (χ1n) is 4.70. The molecule has 0 saturated carbocycles. The molecule has 0 aliphatic heterocycles. The van der Waals surface area contributed by atoms with Crippen molar-refractivity contribution in [3.63, 3.8) is 0 Å². The second-order valence-corrected chi connectivity index (χ2v) is 3.33. The van der Waals surface area contributed by atoms with Gasteiger partial charge in [-0.3, -0.25) is 4.79 Å². The van der Waals surface area contributed by atoms with Crippen LogP contribution in [0.3, 0.4) is 0 Å². The molecular formula is C11H15NO2. The van der Waals surface area contributed by atoms with Gasteiger partial charge in [-0.25, -0.2) is 0 Å². The van der Waals surface area contributed by atoms with Crippen LogP contribution in [0.5, 0.6) is 0 Å². The Morgan fingerprint density at radius 3 is 2.43 bits per heavy atom. The van der Waals surface area contributed by atoms with Gasteiger partial charge >= 0.3 is 0 Å². The van der Waals surface area contributed by atoms with Crippen molar-refractivity contribution in [2.24, 2.45) is 5.73 Å². The summed E-state index contributed by atoms with van der Waals surface area (Å²) in [7, 11) is 0. The second-order valence-electron chi connectivity index (χ2n) is 3.33. The number of amides is 1. The van der Waals surface area contributed by atoms with Crippen LogP contribution >= 0.6 is 0 Å². The van der Waals surface area contributed by atoms with E-state index in [2.05, 4.69) is 0 Å². The molecule has 0 saturated heterocycles. The lowest BCUT2D eigenvalue weighted by atomic mass is 10.0. The average Bonchev–Trinajstić information content (AvgIpc) is 2.18. The highest BCUT2D eigenvalue weighted by atomic mass is 16.3. The van der Waals surface area contributed by atoms with Crippen LogP contribution in [0, 0.1) is 0 Å². The van der Waals surface area contributed by atoms with Crippen molar-refractivity contribution in [1.82, 2.24) is 0 Å². The van der Waals surface area contributed by atoms with Gasteiger partial charge in [-0.1, -0.05) is 19.1 Å². The minimum atomic E-state index is -0.424. The van der Waals surface area contributed by atoms with Gasteiger partial charge < -0.3 is 10.8 Å². The first-order valence-corrected chi connectivity index (χ1v) is 4.70. The minimum Gasteiger partial charge on any atom is -0.393 e. The van der Waals surface area contributed by atoms with E-state index in [0.717, 1.165) is 12.0 Å². The molecule has 1 unspecified atom stereocenters. The molecule has 0 aromatic heterocycles. The summed E-state index contributed by atoms with van der Waals surface area (Å²) in [4.78, 5) is 10.8. The first kappa shape index (κ1) is 10.7. The number of hydrogen-bond acceptors (Lipinski definition) is 2. The van der Waals surface area contributed by atoms with E-state index in [9.17, 15) is 9.90 Å². The molecule has 1 atom stereocenters. The van der Waals surface area contributed by atoms with Gasteiger partial charge in [0.05, 0.1) is 6.10 Å². The van der Waals surface area contributed by atoms with E-state index in [1.165, 1.54) is 0 Å². The summed E-state index contributed by atoms with van der Waals surface area (Å²) in [6.07, 6.45) is 1.04. The van der Waals surface area contributed by atoms with Crippen LogP contribution in [0.25, 0.3) is 0 Å². The number of rotatable bonds is 4. The Bertz CT molecular complexity index is 306. The number of carbonyl (C=O) groups is 1. The standard InChI is InChI=1S/C11H15NO2/c1-2-10(13)7-8-3-5-9(6-4-8)11(12)14/h3-6,10,13H,2,7H2,1H3,(H2,12,14). The van der Waals surface area contributed by atoms with Gasteiger partial charge in [-0.15, -0.1) is 0 Å². The molecule has 14 heavy (non-hydrogen) atoms. The highest BCUT2D eigenvalue weighted by Crippen LogP contribution is 2.07. The molecule has 0 bridgehead atoms. The maximum atomic E-state index is 10.8. The fourth-order valence-corrected chi connectivity index (χ4v) is 1.22. The Hall–Kier alpha value is -1.35. The van der Waals surface area contributed by atoms with Crippen molar-refractivity contribution >= 4 is 5.91 Å². The molecule has 1 amide bonds. The van der Waals surface area contributed by atoms with E-state index >= 15 is 0 Å². The minimum absolute atomic E-state index is 0.311. The van der Waals surface area contributed by atoms with Gasteiger partial charge in [0.2, 0.25) is 5.91 Å². The predicted octanol–water partition coefficient (Wildman–Crippen LogP) is 1.10. The first-order chi connectivity index (χ1) is 6.63. The van der Waals surface area contributed by atoms with E-state index in [4.69, 9.17) is 5.73 Å². The van der Waals surface area contributed by atoms with E-state index in [1.54, 1.807) is 12.1 Å². The van der Waals surface area contributed by atoms with E-state index in [-0.39, 0.29) is 6.10 Å². The molecule has 0 fully saturated rings. The van der Waals surface area contributed by atoms with Crippen LogP contribution in [0.2, 0.25) is 0 Å². The summed E-state index contributed by atoms with van der Waals surface area (Å²) in [5, 5.41) is 9.40. The van der Waals surface area contributed by atoms with E-state index in [1.807, 2.05) is 19.1 Å². The van der Waals surface area contributed by atoms with E-state index < -0.39 is 5.91 Å². The third kappa shape index (κ3) is 2.85. The van der Waals surface area contributed by atoms with Gasteiger partial charge in [0.15, 0.2) is 0 Å². The normalized spacial score (nSPS) is 12.4. The number of hydrogen-bond donors (Lipinski definition) is 2. The van der Waals surface area contributed by atoms with Crippen molar-refractivity contribution < 1.29 is 9.90 Å². The predicted molar refractivity (Wildman–Crippen MR) is 55.0 cm³/mol. The summed E-state index contributed by atoms with van der Waals surface area (Å²) in [5.74, 6) is -0.424.